The molecule has 19 heavy (non-hydrogen) atoms. The summed E-state index contributed by atoms with van der Waals surface area (Å²) in [5, 5.41) is 15.3. The van der Waals surface area contributed by atoms with Gasteiger partial charge in [-0.3, -0.25) is 4.79 Å². The maximum atomic E-state index is 11.2. The molecule has 0 aliphatic rings. The molecule has 9 nitrogen and oxygen atoms in total. The SMILES string of the molecule is CCc1nc(CSc2nnnn2CC(=O)OC)no1. The van der Waals surface area contributed by atoms with Gasteiger partial charge in [0.05, 0.1) is 12.9 Å². The van der Waals surface area contributed by atoms with Gasteiger partial charge in [0.25, 0.3) is 0 Å². The summed E-state index contributed by atoms with van der Waals surface area (Å²) in [6, 6.07) is 0. The van der Waals surface area contributed by atoms with Crippen LogP contribution >= 0.6 is 11.8 Å². The third-order valence-corrected chi connectivity index (χ3v) is 3.10. The monoisotopic (exact) mass is 284 g/mol. The number of thioether (sulfide) groups is 1. The number of nitrogens with zero attached hydrogens (tertiary/aromatic N) is 6. The average Bonchev–Trinajstić information content (AvgIpc) is 3.05. The molecular formula is C9H12N6O3S. The third kappa shape index (κ3) is 3.50. The second-order valence-electron chi connectivity index (χ2n) is 3.44. The lowest BCUT2D eigenvalue weighted by Gasteiger charge is -2.01. The van der Waals surface area contributed by atoms with E-state index in [9.17, 15) is 4.79 Å². The van der Waals surface area contributed by atoms with Crippen molar-refractivity contribution in [3.05, 3.63) is 11.7 Å². The molecule has 0 radical (unpaired) electrons. The van der Waals surface area contributed by atoms with Crippen LogP contribution in [-0.2, 0) is 28.2 Å². The molecule has 10 heteroatoms. The number of aromatic nitrogens is 6. The molecule has 0 unspecified atom stereocenters. The van der Waals surface area contributed by atoms with Crippen LogP contribution in [0.4, 0.5) is 0 Å². The van der Waals surface area contributed by atoms with Gasteiger partial charge in [0.2, 0.25) is 11.0 Å². The van der Waals surface area contributed by atoms with E-state index < -0.39 is 5.97 Å². The van der Waals surface area contributed by atoms with Crippen molar-refractivity contribution in [2.45, 2.75) is 30.8 Å². The summed E-state index contributed by atoms with van der Waals surface area (Å²) in [6.07, 6.45) is 0.692. The molecule has 2 aromatic rings. The van der Waals surface area contributed by atoms with Crippen LogP contribution in [0.5, 0.6) is 0 Å². The van der Waals surface area contributed by atoms with Crippen LogP contribution in [0.1, 0.15) is 18.6 Å². The van der Waals surface area contributed by atoms with Crippen molar-refractivity contribution in [3.8, 4) is 0 Å². The Balaban J connectivity index is 1.96. The van der Waals surface area contributed by atoms with Crippen molar-refractivity contribution in [1.82, 2.24) is 30.3 Å². The number of esters is 1. The van der Waals surface area contributed by atoms with Crippen molar-refractivity contribution in [3.63, 3.8) is 0 Å². The smallest absolute Gasteiger partial charge is 0.327 e. The molecule has 0 aromatic carbocycles. The first-order chi connectivity index (χ1) is 9.22. The van der Waals surface area contributed by atoms with Crippen LogP contribution in [0.2, 0.25) is 0 Å². The fourth-order valence-electron chi connectivity index (χ4n) is 1.21. The highest BCUT2D eigenvalue weighted by atomic mass is 32.2. The van der Waals surface area contributed by atoms with Crippen molar-refractivity contribution in [2.75, 3.05) is 7.11 Å². The van der Waals surface area contributed by atoms with E-state index >= 15 is 0 Å². The lowest BCUT2D eigenvalue weighted by Crippen LogP contribution is -2.13. The van der Waals surface area contributed by atoms with E-state index in [0.29, 0.717) is 29.0 Å². The standard InChI is InChI=1S/C9H12N6O3S/c1-3-7-10-6(12-18-7)5-19-9-11-13-14-15(9)4-8(16)17-2/h3-5H2,1-2H3. The van der Waals surface area contributed by atoms with Crippen LogP contribution < -0.4 is 0 Å². The summed E-state index contributed by atoms with van der Waals surface area (Å²) in [4.78, 5) is 15.3. The molecule has 102 valence electrons. The number of tetrazole rings is 1. The number of methoxy groups -OCH3 is 1. The van der Waals surface area contributed by atoms with Crippen LogP contribution in [0.3, 0.4) is 0 Å². The minimum atomic E-state index is -0.415. The van der Waals surface area contributed by atoms with E-state index in [1.54, 1.807) is 0 Å². The Labute approximate surface area is 112 Å². The van der Waals surface area contributed by atoms with Crippen molar-refractivity contribution in [2.24, 2.45) is 0 Å². The van der Waals surface area contributed by atoms with E-state index in [2.05, 4.69) is 30.4 Å². The molecule has 2 heterocycles. The summed E-state index contributed by atoms with van der Waals surface area (Å²) >= 11 is 1.32. The van der Waals surface area contributed by atoms with Gasteiger partial charge in [-0.25, -0.2) is 4.68 Å². The van der Waals surface area contributed by atoms with Crippen LogP contribution in [0.15, 0.2) is 9.68 Å². The summed E-state index contributed by atoms with van der Waals surface area (Å²) in [6.45, 7) is 1.90. The maximum absolute atomic E-state index is 11.2. The van der Waals surface area contributed by atoms with Gasteiger partial charge in [-0.1, -0.05) is 23.8 Å². The number of hydrogen-bond donors (Lipinski definition) is 0. The fraction of sp³-hybridized carbons (Fsp3) is 0.556. The molecule has 2 rings (SSSR count). The summed E-state index contributed by atoms with van der Waals surface area (Å²) in [5.41, 5.74) is 0. The molecule has 0 aliphatic heterocycles. The normalized spacial score (nSPS) is 10.6. The average molecular weight is 284 g/mol. The molecule has 2 aromatic heterocycles. The number of rotatable bonds is 6. The second-order valence-corrected chi connectivity index (χ2v) is 4.38. The highest BCUT2D eigenvalue weighted by Gasteiger charge is 2.13. The third-order valence-electron chi connectivity index (χ3n) is 2.15. The van der Waals surface area contributed by atoms with Gasteiger partial charge in [-0.15, -0.1) is 5.10 Å². The first-order valence-corrected chi connectivity index (χ1v) is 6.48. The van der Waals surface area contributed by atoms with E-state index in [1.165, 1.54) is 23.6 Å². The predicted molar refractivity (Wildman–Crippen MR) is 63.1 cm³/mol. The van der Waals surface area contributed by atoms with Gasteiger partial charge in [0.1, 0.15) is 6.54 Å². The minimum Gasteiger partial charge on any atom is -0.468 e. The number of aryl methyl sites for hydroxylation is 1. The lowest BCUT2D eigenvalue weighted by atomic mass is 10.5. The topological polar surface area (TPSA) is 109 Å². The lowest BCUT2D eigenvalue weighted by molar-refractivity contribution is -0.141. The van der Waals surface area contributed by atoms with Gasteiger partial charge in [0.15, 0.2) is 5.82 Å². The first-order valence-electron chi connectivity index (χ1n) is 5.50. The molecule has 0 spiro atoms. The summed E-state index contributed by atoms with van der Waals surface area (Å²) in [5.74, 6) is 1.20. The van der Waals surface area contributed by atoms with Gasteiger partial charge < -0.3 is 9.26 Å². The molecule has 0 saturated heterocycles. The van der Waals surface area contributed by atoms with Gasteiger partial charge in [-0.2, -0.15) is 4.98 Å². The van der Waals surface area contributed by atoms with Crippen LogP contribution in [0, 0.1) is 0 Å². The summed E-state index contributed by atoms with van der Waals surface area (Å²) in [7, 11) is 1.31. The second kappa shape index (κ2) is 6.27. The van der Waals surface area contributed by atoms with Gasteiger partial charge in [0, 0.05) is 6.42 Å². The largest absolute Gasteiger partial charge is 0.468 e. The Kier molecular flexibility index (Phi) is 4.44. The predicted octanol–water partition coefficient (Wildman–Crippen LogP) is 0.0838. The fourth-order valence-corrected chi connectivity index (χ4v) is 1.93. The zero-order valence-electron chi connectivity index (χ0n) is 10.4. The molecular weight excluding hydrogens is 272 g/mol. The van der Waals surface area contributed by atoms with Crippen molar-refractivity contribution < 1.29 is 14.1 Å². The Hall–Kier alpha value is -1.97. The van der Waals surface area contributed by atoms with Crippen LogP contribution in [0.25, 0.3) is 0 Å². The molecule has 0 bridgehead atoms. The Morgan fingerprint density at radius 2 is 2.37 bits per heavy atom. The molecule has 0 aliphatic carbocycles. The van der Waals surface area contributed by atoms with Crippen molar-refractivity contribution in [1.29, 1.82) is 0 Å². The first kappa shape index (κ1) is 13.5. The highest BCUT2D eigenvalue weighted by Crippen LogP contribution is 2.18. The Bertz CT molecular complexity index is 554. The van der Waals surface area contributed by atoms with E-state index in [1.807, 2.05) is 6.92 Å². The van der Waals surface area contributed by atoms with E-state index in [4.69, 9.17) is 4.52 Å². The molecule has 0 fully saturated rings. The van der Waals surface area contributed by atoms with Gasteiger partial charge in [-0.05, 0) is 10.4 Å². The number of carbonyl (C=O) groups excluding carboxylic acids is 1. The number of ether oxygens (including phenoxy) is 1. The summed E-state index contributed by atoms with van der Waals surface area (Å²) < 4.78 is 10.9. The molecule has 0 N–H and O–H groups in total. The van der Waals surface area contributed by atoms with Gasteiger partial charge >= 0.3 is 5.97 Å². The van der Waals surface area contributed by atoms with Crippen LogP contribution in [-0.4, -0.2) is 43.4 Å². The molecule has 0 saturated carbocycles. The quantitative estimate of drug-likeness (QED) is 0.538. The van der Waals surface area contributed by atoms with E-state index in [0.717, 1.165) is 0 Å². The minimum absolute atomic E-state index is 0.0295. The molecule has 0 atom stereocenters. The zero-order valence-corrected chi connectivity index (χ0v) is 11.3. The highest BCUT2D eigenvalue weighted by molar-refractivity contribution is 7.98. The zero-order chi connectivity index (χ0) is 13.7. The number of carbonyl (C=O) groups is 1. The maximum Gasteiger partial charge on any atom is 0.327 e. The Morgan fingerprint density at radius 3 is 3.05 bits per heavy atom. The molecule has 0 amide bonds. The van der Waals surface area contributed by atoms with Crippen molar-refractivity contribution >= 4 is 17.7 Å². The van der Waals surface area contributed by atoms with E-state index in [-0.39, 0.29) is 6.54 Å². The number of hydrogen-bond acceptors (Lipinski definition) is 9. The Morgan fingerprint density at radius 1 is 1.53 bits per heavy atom.